The number of amides is 1. The van der Waals surface area contributed by atoms with Crippen LogP contribution in [0, 0.1) is 37.0 Å². The molecule has 5 rings (SSSR count). The van der Waals surface area contributed by atoms with Gasteiger partial charge in [0, 0.05) is 16.7 Å². The summed E-state index contributed by atoms with van der Waals surface area (Å²) in [6.07, 6.45) is 3.22. The maximum Gasteiger partial charge on any atom is 0.330 e. The van der Waals surface area contributed by atoms with Gasteiger partial charge in [0.1, 0.15) is 11.3 Å². The van der Waals surface area contributed by atoms with Gasteiger partial charge < -0.3 is 14.4 Å². The molecule has 1 N–H and O–H groups in total. The van der Waals surface area contributed by atoms with Crippen LogP contribution < -0.4 is 0 Å². The highest BCUT2D eigenvalue weighted by Crippen LogP contribution is 2.58. The predicted octanol–water partition coefficient (Wildman–Crippen LogP) is 6.03. The largest absolute Gasteiger partial charge is 0.479 e. The summed E-state index contributed by atoms with van der Waals surface area (Å²) in [7, 11) is 0. The zero-order valence-electron chi connectivity index (χ0n) is 21.6. The lowest BCUT2D eigenvalue weighted by molar-refractivity contribution is -0.159. The molecule has 8 heteroatoms. The molecule has 3 heterocycles. The SMILES string of the molecule is Cc1ccc(C(=O)C2C(c3ccc(C#N)cc3)N(C(=O)C3CCCC3)C(C)(C(=O)O)C2c2sccc2C)o1. The van der Waals surface area contributed by atoms with Crippen LogP contribution in [0.4, 0.5) is 0 Å². The van der Waals surface area contributed by atoms with Crippen molar-refractivity contribution >= 4 is 29.0 Å². The van der Waals surface area contributed by atoms with E-state index in [1.54, 1.807) is 50.2 Å². The summed E-state index contributed by atoms with van der Waals surface area (Å²) in [5.74, 6) is -2.99. The first-order valence-corrected chi connectivity index (χ1v) is 13.8. The summed E-state index contributed by atoms with van der Waals surface area (Å²) in [5.41, 5.74) is 0.267. The van der Waals surface area contributed by atoms with E-state index in [1.165, 1.54) is 16.2 Å². The van der Waals surface area contributed by atoms with Gasteiger partial charge in [-0.3, -0.25) is 9.59 Å². The van der Waals surface area contributed by atoms with E-state index in [9.17, 15) is 24.8 Å². The van der Waals surface area contributed by atoms with Crippen molar-refractivity contribution in [2.75, 3.05) is 0 Å². The van der Waals surface area contributed by atoms with Gasteiger partial charge in [0.25, 0.3) is 0 Å². The van der Waals surface area contributed by atoms with Crippen LogP contribution in [0.1, 0.15) is 82.4 Å². The highest BCUT2D eigenvalue weighted by atomic mass is 32.1. The van der Waals surface area contributed by atoms with Gasteiger partial charge in [0.2, 0.25) is 11.7 Å². The molecule has 1 amide bonds. The van der Waals surface area contributed by atoms with Crippen LogP contribution in [0.2, 0.25) is 0 Å². The molecule has 1 aromatic carbocycles. The summed E-state index contributed by atoms with van der Waals surface area (Å²) in [6.45, 7) is 5.25. The number of hydrogen-bond acceptors (Lipinski definition) is 6. The van der Waals surface area contributed by atoms with Crippen molar-refractivity contribution in [3.8, 4) is 6.07 Å². The van der Waals surface area contributed by atoms with Gasteiger partial charge in [-0.2, -0.15) is 5.26 Å². The first kappa shape index (κ1) is 25.9. The Morgan fingerprint density at radius 1 is 1.08 bits per heavy atom. The number of furan rings is 1. The number of carboxylic acid groups (broad SMARTS) is 1. The van der Waals surface area contributed by atoms with Gasteiger partial charge >= 0.3 is 5.97 Å². The quantitative estimate of drug-likeness (QED) is 0.390. The number of nitrogens with zero attached hydrogens (tertiary/aromatic N) is 2. The lowest BCUT2D eigenvalue weighted by Crippen LogP contribution is -2.55. The second-order valence-electron chi connectivity index (χ2n) is 10.6. The number of carboxylic acids is 1. The Morgan fingerprint density at radius 3 is 2.29 bits per heavy atom. The average molecular weight is 531 g/mol. The topological polar surface area (TPSA) is 112 Å². The number of ketones is 1. The molecule has 1 aliphatic carbocycles. The molecule has 2 fully saturated rings. The number of benzene rings is 1. The minimum absolute atomic E-state index is 0.147. The standard InChI is InChI=1S/C30H30N2O5S/c1-17-14-15-38-27(17)24-23(26(33)22-13-8-18(2)37-22)25(20-11-9-19(16-31)10-12-20)32(30(24,3)29(35)36)28(34)21-6-4-5-7-21/h8-15,21,23-25H,4-7H2,1-3H3,(H,35,36). The zero-order chi connectivity index (χ0) is 27.2. The molecule has 3 aromatic rings. The molecule has 1 saturated carbocycles. The van der Waals surface area contributed by atoms with E-state index >= 15 is 0 Å². The van der Waals surface area contributed by atoms with E-state index in [0.29, 0.717) is 29.7 Å². The van der Waals surface area contributed by atoms with E-state index in [4.69, 9.17) is 4.42 Å². The third-order valence-electron chi connectivity index (χ3n) is 8.31. The van der Waals surface area contributed by atoms with E-state index in [-0.39, 0.29) is 23.4 Å². The van der Waals surface area contributed by atoms with Crippen molar-refractivity contribution in [1.29, 1.82) is 5.26 Å². The summed E-state index contributed by atoms with van der Waals surface area (Å²) in [4.78, 5) is 44.1. The molecular formula is C30H30N2O5S. The molecule has 4 atom stereocenters. The summed E-state index contributed by atoms with van der Waals surface area (Å²) in [6, 6.07) is 13.3. The number of Topliss-reactive ketones (excluding diaryl/α,β-unsaturated/α-hetero) is 1. The second kappa shape index (κ2) is 9.88. The minimum atomic E-state index is -1.68. The van der Waals surface area contributed by atoms with Gasteiger partial charge in [-0.15, -0.1) is 11.3 Å². The van der Waals surface area contributed by atoms with Crippen LogP contribution in [0.15, 0.2) is 52.3 Å². The fraction of sp³-hybridized carbons (Fsp3) is 0.400. The molecule has 2 aliphatic rings. The normalized spacial score (nSPS) is 25.4. The molecule has 0 spiro atoms. The van der Waals surface area contributed by atoms with Crippen LogP contribution in [-0.2, 0) is 9.59 Å². The number of thiophene rings is 1. The van der Waals surface area contributed by atoms with Gasteiger partial charge in [-0.25, -0.2) is 4.79 Å². The van der Waals surface area contributed by atoms with Crippen molar-refractivity contribution in [3.63, 3.8) is 0 Å². The molecule has 38 heavy (non-hydrogen) atoms. The Hall–Kier alpha value is -3.70. The molecule has 1 aliphatic heterocycles. The molecule has 196 valence electrons. The Kier molecular flexibility index (Phi) is 6.74. The van der Waals surface area contributed by atoms with Crippen molar-refractivity contribution in [3.05, 3.63) is 80.9 Å². The van der Waals surface area contributed by atoms with Crippen LogP contribution in [-0.4, -0.2) is 33.2 Å². The van der Waals surface area contributed by atoms with Gasteiger partial charge in [-0.1, -0.05) is 25.0 Å². The van der Waals surface area contributed by atoms with Gasteiger partial charge in [0.05, 0.1) is 23.6 Å². The van der Waals surface area contributed by atoms with E-state index in [0.717, 1.165) is 23.3 Å². The van der Waals surface area contributed by atoms with Crippen LogP contribution in [0.25, 0.3) is 0 Å². The maximum atomic E-state index is 14.3. The molecular weight excluding hydrogens is 500 g/mol. The summed E-state index contributed by atoms with van der Waals surface area (Å²) < 4.78 is 5.76. The molecule has 7 nitrogen and oxygen atoms in total. The molecule has 4 unspecified atom stereocenters. The Bertz CT molecular complexity index is 1430. The highest BCUT2D eigenvalue weighted by molar-refractivity contribution is 7.10. The third kappa shape index (κ3) is 4.06. The summed E-state index contributed by atoms with van der Waals surface area (Å²) in [5, 5.41) is 22.1. The van der Waals surface area contributed by atoms with Crippen molar-refractivity contribution in [2.24, 2.45) is 11.8 Å². The van der Waals surface area contributed by atoms with Crippen LogP contribution >= 0.6 is 11.3 Å². The number of carbonyl (C=O) groups excluding carboxylic acids is 2. The number of aryl methyl sites for hydroxylation is 2. The highest BCUT2D eigenvalue weighted by Gasteiger charge is 2.66. The minimum Gasteiger partial charge on any atom is -0.479 e. The number of carbonyl (C=O) groups is 3. The third-order valence-corrected chi connectivity index (χ3v) is 9.41. The average Bonchev–Trinajstić information content (AvgIpc) is 3.70. The van der Waals surface area contributed by atoms with Crippen molar-refractivity contribution < 1.29 is 23.9 Å². The Morgan fingerprint density at radius 2 is 1.76 bits per heavy atom. The summed E-state index contributed by atoms with van der Waals surface area (Å²) >= 11 is 1.41. The van der Waals surface area contributed by atoms with E-state index in [1.807, 2.05) is 18.4 Å². The zero-order valence-corrected chi connectivity index (χ0v) is 22.5. The molecule has 1 saturated heterocycles. The Labute approximate surface area is 225 Å². The van der Waals surface area contributed by atoms with Gasteiger partial charge in [-0.05, 0) is 80.5 Å². The number of hydrogen-bond donors (Lipinski definition) is 1. The monoisotopic (exact) mass is 530 g/mol. The second-order valence-corrected chi connectivity index (χ2v) is 11.5. The first-order valence-electron chi connectivity index (χ1n) is 12.9. The smallest absolute Gasteiger partial charge is 0.330 e. The number of rotatable bonds is 6. The molecule has 0 bridgehead atoms. The number of nitriles is 1. The van der Waals surface area contributed by atoms with Crippen molar-refractivity contribution in [2.45, 2.75) is 64.0 Å². The van der Waals surface area contributed by atoms with E-state index < -0.39 is 29.4 Å². The predicted molar refractivity (Wildman–Crippen MR) is 142 cm³/mol. The van der Waals surface area contributed by atoms with Crippen molar-refractivity contribution in [1.82, 2.24) is 4.90 Å². The number of aliphatic carboxylic acids is 1. The van der Waals surface area contributed by atoms with Crippen LogP contribution in [0.3, 0.4) is 0 Å². The first-order chi connectivity index (χ1) is 18.2. The van der Waals surface area contributed by atoms with Crippen LogP contribution in [0.5, 0.6) is 0 Å². The molecule has 0 radical (unpaired) electrons. The van der Waals surface area contributed by atoms with E-state index in [2.05, 4.69) is 6.07 Å². The fourth-order valence-electron chi connectivity index (χ4n) is 6.36. The fourth-order valence-corrected chi connectivity index (χ4v) is 7.56. The lowest BCUT2D eigenvalue weighted by Gasteiger charge is -2.39. The lowest BCUT2D eigenvalue weighted by atomic mass is 9.74. The Balaban J connectivity index is 1.79. The maximum absolute atomic E-state index is 14.3. The van der Waals surface area contributed by atoms with Gasteiger partial charge in [0.15, 0.2) is 5.76 Å². The number of likely N-dealkylation sites (tertiary alicyclic amines) is 1. The molecule has 2 aromatic heterocycles.